The lowest BCUT2D eigenvalue weighted by atomic mass is 10.1. The van der Waals surface area contributed by atoms with Gasteiger partial charge in [-0.2, -0.15) is 0 Å². The van der Waals surface area contributed by atoms with Gasteiger partial charge in [0.15, 0.2) is 6.10 Å². The molecule has 1 aromatic carbocycles. The van der Waals surface area contributed by atoms with Gasteiger partial charge in [-0.1, -0.05) is 31.2 Å². The Morgan fingerprint density at radius 3 is 2.52 bits per heavy atom. The predicted octanol–water partition coefficient (Wildman–Crippen LogP) is 2.26. The van der Waals surface area contributed by atoms with Crippen LogP contribution in [0.4, 0.5) is 0 Å². The smallest absolute Gasteiger partial charge is 0.311 e. The van der Waals surface area contributed by atoms with Gasteiger partial charge in [0.25, 0.3) is 5.91 Å². The Kier molecular flexibility index (Phi) is 9.50. The molecule has 0 radical (unpaired) electrons. The van der Waals surface area contributed by atoms with E-state index >= 15 is 0 Å². The third-order valence-corrected chi connectivity index (χ3v) is 3.60. The van der Waals surface area contributed by atoms with Crippen LogP contribution in [0.3, 0.4) is 0 Å². The number of aliphatic hydroxyl groups is 2. The molecular formula is C19H27NO5. The molecule has 0 aromatic heterocycles. The molecule has 6 nitrogen and oxygen atoms in total. The highest BCUT2D eigenvalue weighted by atomic mass is 16.5. The van der Waals surface area contributed by atoms with E-state index in [9.17, 15) is 14.7 Å². The molecule has 1 amide bonds. The molecule has 0 aliphatic rings. The summed E-state index contributed by atoms with van der Waals surface area (Å²) in [5, 5.41) is 20.6. The maximum atomic E-state index is 11.8. The van der Waals surface area contributed by atoms with Gasteiger partial charge in [0.05, 0.1) is 12.6 Å². The third kappa shape index (κ3) is 7.96. The van der Waals surface area contributed by atoms with Crippen molar-refractivity contribution in [1.82, 2.24) is 5.32 Å². The minimum Gasteiger partial charge on any atom is -0.427 e. The van der Waals surface area contributed by atoms with E-state index in [2.05, 4.69) is 24.4 Å². The first-order valence-electron chi connectivity index (χ1n) is 8.52. The van der Waals surface area contributed by atoms with Crippen molar-refractivity contribution in [2.45, 2.75) is 51.7 Å². The molecule has 0 bridgehead atoms. The lowest BCUT2D eigenvalue weighted by molar-refractivity contribution is -0.134. The number of nitrogens with one attached hydrogen (secondary N) is 1. The fourth-order valence-corrected chi connectivity index (χ4v) is 2.13. The molecular weight excluding hydrogens is 322 g/mol. The standard InChI is InChI=1S/C19H27NO5/c1-3-4-5-6-7-8-18(23)25-16-11-9-15(10-12-16)14(2)20-19(24)17(22)13-21/h4-5,9-12,14,17,21-22H,3,6-8,13H2,1-2H3,(H,20,24)/b5-4-. The lowest BCUT2D eigenvalue weighted by Gasteiger charge is -2.16. The summed E-state index contributed by atoms with van der Waals surface area (Å²) in [6.45, 7) is 3.20. The number of hydrogen-bond acceptors (Lipinski definition) is 5. The fraction of sp³-hybridized carbons (Fsp3) is 0.474. The Morgan fingerprint density at radius 1 is 1.24 bits per heavy atom. The van der Waals surface area contributed by atoms with Crippen molar-refractivity contribution in [2.24, 2.45) is 0 Å². The number of amides is 1. The zero-order valence-electron chi connectivity index (χ0n) is 14.8. The second-order valence-corrected chi connectivity index (χ2v) is 5.74. The number of aliphatic hydroxyl groups excluding tert-OH is 2. The molecule has 0 saturated heterocycles. The molecule has 0 saturated carbocycles. The molecule has 1 aromatic rings. The first kappa shape index (κ1) is 20.9. The lowest BCUT2D eigenvalue weighted by Crippen LogP contribution is -2.38. The van der Waals surface area contributed by atoms with Crippen molar-refractivity contribution in [2.75, 3.05) is 6.61 Å². The van der Waals surface area contributed by atoms with Crippen LogP contribution in [-0.4, -0.2) is 34.8 Å². The van der Waals surface area contributed by atoms with Gasteiger partial charge in [0.1, 0.15) is 5.75 Å². The van der Waals surface area contributed by atoms with Crippen LogP contribution < -0.4 is 10.1 Å². The summed E-state index contributed by atoms with van der Waals surface area (Å²) in [6, 6.07) is 6.46. The second kappa shape index (κ2) is 11.4. The van der Waals surface area contributed by atoms with Gasteiger partial charge in [0.2, 0.25) is 0 Å². The average molecular weight is 349 g/mol. The van der Waals surface area contributed by atoms with Crippen LogP contribution in [0.15, 0.2) is 36.4 Å². The highest BCUT2D eigenvalue weighted by Gasteiger charge is 2.16. The van der Waals surface area contributed by atoms with Crippen LogP contribution >= 0.6 is 0 Å². The minimum absolute atomic E-state index is 0.273. The summed E-state index contributed by atoms with van der Waals surface area (Å²) >= 11 is 0. The number of carbonyl (C=O) groups excluding carboxylic acids is 2. The van der Waals surface area contributed by atoms with Gasteiger partial charge < -0.3 is 20.3 Å². The molecule has 0 aliphatic heterocycles. The van der Waals surface area contributed by atoms with Crippen LogP contribution in [0.2, 0.25) is 0 Å². The summed E-state index contributed by atoms with van der Waals surface area (Å²) in [7, 11) is 0. The van der Waals surface area contributed by atoms with E-state index in [1.807, 2.05) is 0 Å². The number of rotatable bonds is 10. The number of hydrogen-bond donors (Lipinski definition) is 3. The molecule has 25 heavy (non-hydrogen) atoms. The zero-order valence-corrected chi connectivity index (χ0v) is 14.8. The van der Waals surface area contributed by atoms with Crippen LogP contribution in [0, 0.1) is 0 Å². The van der Waals surface area contributed by atoms with Gasteiger partial charge in [-0.15, -0.1) is 0 Å². The van der Waals surface area contributed by atoms with E-state index in [-0.39, 0.29) is 12.0 Å². The molecule has 0 fully saturated rings. The zero-order chi connectivity index (χ0) is 18.7. The van der Waals surface area contributed by atoms with Gasteiger partial charge >= 0.3 is 5.97 Å². The maximum Gasteiger partial charge on any atom is 0.311 e. The average Bonchev–Trinajstić information content (AvgIpc) is 2.61. The first-order valence-corrected chi connectivity index (χ1v) is 8.52. The van der Waals surface area contributed by atoms with Crippen LogP contribution in [-0.2, 0) is 9.59 Å². The summed E-state index contributed by atoms with van der Waals surface area (Å²) in [4.78, 5) is 23.3. The van der Waals surface area contributed by atoms with E-state index in [1.165, 1.54) is 0 Å². The Hall–Kier alpha value is -2.18. The minimum atomic E-state index is -1.44. The van der Waals surface area contributed by atoms with Crippen molar-refractivity contribution in [1.29, 1.82) is 0 Å². The molecule has 2 unspecified atom stereocenters. The number of unbranched alkanes of at least 4 members (excludes halogenated alkanes) is 1. The van der Waals surface area contributed by atoms with Crippen LogP contribution in [0.5, 0.6) is 5.75 Å². The van der Waals surface area contributed by atoms with Crippen LogP contribution in [0.1, 0.15) is 51.1 Å². The Morgan fingerprint density at radius 2 is 1.92 bits per heavy atom. The number of ether oxygens (including phenoxy) is 1. The fourth-order valence-electron chi connectivity index (χ4n) is 2.13. The van der Waals surface area contributed by atoms with Gasteiger partial charge in [-0.05, 0) is 43.9 Å². The number of esters is 1. The van der Waals surface area contributed by atoms with E-state index in [0.717, 1.165) is 24.8 Å². The summed E-state index contributed by atoms with van der Waals surface area (Å²) in [6.07, 6.45) is 5.67. The van der Waals surface area contributed by atoms with Crippen molar-refractivity contribution in [3.63, 3.8) is 0 Å². The molecule has 0 spiro atoms. The van der Waals surface area contributed by atoms with Crippen molar-refractivity contribution in [3.8, 4) is 5.75 Å². The largest absolute Gasteiger partial charge is 0.427 e. The molecule has 0 heterocycles. The van der Waals surface area contributed by atoms with Crippen molar-refractivity contribution >= 4 is 11.9 Å². The summed E-state index contributed by atoms with van der Waals surface area (Å²) in [5.41, 5.74) is 0.794. The second-order valence-electron chi connectivity index (χ2n) is 5.74. The molecule has 2 atom stereocenters. The first-order chi connectivity index (χ1) is 12.0. The molecule has 1 rings (SSSR count). The van der Waals surface area contributed by atoms with E-state index in [1.54, 1.807) is 31.2 Å². The predicted molar refractivity (Wildman–Crippen MR) is 95.0 cm³/mol. The van der Waals surface area contributed by atoms with Crippen LogP contribution in [0.25, 0.3) is 0 Å². The van der Waals surface area contributed by atoms with Gasteiger partial charge in [0, 0.05) is 6.42 Å². The Balaban J connectivity index is 2.46. The number of allylic oxidation sites excluding steroid dienone is 2. The molecule has 138 valence electrons. The highest BCUT2D eigenvalue weighted by Crippen LogP contribution is 2.18. The topological polar surface area (TPSA) is 95.9 Å². The molecule has 0 aliphatic carbocycles. The normalized spacial score (nSPS) is 13.4. The highest BCUT2D eigenvalue weighted by molar-refractivity contribution is 5.81. The third-order valence-electron chi connectivity index (χ3n) is 3.60. The van der Waals surface area contributed by atoms with E-state index in [4.69, 9.17) is 9.84 Å². The van der Waals surface area contributed by atoms with Crippen molar-refractivity contribution < 1.29 is 24.5 Å². The monoisotopic (exact) mass is 349 g/mol. The maximum absolute atomic E-state index is 11.8. The SMILES string of the molecule is CC/C=C\CCCC(=O)Oc1ccc(C(C)NC(=O)C(O)CO)cc1. The van der Waals surface area contributed by atoms with Crippen molar-refractivity contribution in [3.05, 3.63) is 42.0 Å². The molecule has 3 N–H and O–H groups in total. The summed E-state index contributed by atoms with van der Waals surface area (Å²) < 4.78 is 5.27. The summed E-state index contributed by atoms with van der Waals surface area (Å²) in [5.74, 6) is -0.459. The van der Waals surface area contributed by atoms with Gasteiger partial charge in [-0.3, -0.25) is 9.59 Å². The number of carbonyl (C=O) groups is 2. The van der Waals surface area contributed by atoms with E-state index in [0.29, 0.717) is 12.2 Å². The Bertz CT molecular complexity index is 568. The number of benzene rings is 1. The molecule has 6 heteroatoms. The quantitative estimate of drug-likeness (QED) is 0.261. The van der Waals surface area contributed by atoms with Gasteiger partial charge in [-0.25, -0.2) is 0 Å². The Labute approximate surface area is 148 Å². The van der Waals surface area contributed by atoms with E-state index < -0.39 is 18.6 Å².